The molecule has 0 aliphatic rings. The maximum atomic E-state index is 6.17. The quantitative estimate of drug-likeness (QED) is 0.160. The minimum absolute atomic E-state index is 0.900. The van der Waals surface area contributed by atoms with Crippen LogP contribution in [0.3, 0.4) is 0 Å². The van der Waals surface area contributed by atoms with Crippen molar-refractivity contribution in [2.24, 2.45) is 0 Å². The van der Waals surface area contributed by atoms with E-state index in [1.54, 1.807) is 0 Å². The van der Waals surface area contributed by atoms with E-state index in [9.17, 15) is 0 Å². The maximum Gasteiger partial charge on any atom is 0.135 e. The molecule has 0 bridgehead atoms. The molecule has 0 spiro atoms. The smallest absolute Gasteiger partial charge is 0.135 e. The van der Waals surface area contributed by atoms with E-state index in [0.717, 1.165) is 67.1 Å². The fourth-order valence-corrected chi connectivity index (χ4v) is 9.96. The molecule has 0 N–H and O–H groups in total. The lowest BCUT2D eigenvalue weighted by molar-refractivity contribution is 0.669. The zero-order valence-electron chi connectivity index (χ0n) is 34.8. The standard InChI is InChI=1S/C60H39N3O/c1-2-15-44(16-3-1)62-57-26-10-6-22-51(57)53-37-43(30-34-58(53)62)41-14-12-17-46(36-41)61(45-32-28-40(29-33-45)42-31-35-60-54(38-42)52-23-7-11-27-59(52)64-60)47-18-13-19-48(39-47)63-55-24-8-4-20-49(55)50-21-5-9-25-56(50)63/h1-39H. The number of hydrogen-bond acceptors (Lipinski definition) is 2. The first-order chi connectivity index (χ1) is 31.7. The van der Waals surface area contributed by atoms with Crippen LogP contribution in [0.5, 0.6) is 0 Å². The molecule has 3 heterocycles. The lowest BCUT2D eigenvalue weighted by atomic mass is 10.0. The normalized spacial score (nSPS) is 11.8. The highest BCUT2D eigenvalue weighted by molar-refractivity contribution is 6.11. The van der Waals surface area contributed by atoms with Gasteiger partial charge in [0, 0.05) is 60.8 Å². The van der Waals surface area contributed by atoms with E-state index < -0.39 is 0 Å². The maximum absolute atomic E-state index is 6.17. The van der Waals surface area contributed by atoms with Crippen LogP contribution in [0.1, 0.15) is 0 Å². The third kappa shape index (κ3) is 5.77. The zero-order chi connectivity index (χ0) is 42.1. The number of benzene rings is 10. The van der Waals surface area contributed by atoms with Crippen LogP contribution in [0.25, 0.3) is 99.2 Å². The van der Waals surface area contributed by atoms with Gasteiger partial charge in [-0.1, -0.05) is 133 Å². The first-order valence-corrected chi connectivity index (χ1v) is 21.8. The summed E-state index contributed by atoms with van der Waals surface area (Å²) < 4.78 is 10.9. The summed E-state index contributed by atoms with van der Waals surface area (Å²) in [5.74, 6) is 0. The van der Waals surface area contributed by atoms with Crippen molar-refractivity contribution in [1.29, 1.82) is 0 Å². The molecular weight excluding hydrogens is 779 g/mol. The molecule has 4 nitrogen and oxygen atoms in total. The minimum atomic E-state index is 0.900. The number of hydrogen-bond donors (Lipinski definition) is 0. The average Bonchev–Trinajstić information content (AvgIpc) is 4.02. The summed E-state index contributed by atoms with van der Waals surface area (Å²) in [5, 5.41) is 7.22. The fraction of sp³-hybridized carbons (Fsp3) is 0. The molecule has 0 saturated carbocycles. The number of anilines is 3. The molecule has 0 aliphatic carbocycles. The molecule has 0 fully saturated rings. The van der Waals surface area contributed by atoms with Gasteiger partial charge in [-0.25, -0.2) is 0 Å². The molecule has 0 amide bonds. The van der Waals surface area contributed by atoms with Crippen LogP contribution in [0.15, 0.2) is 241 Å². The van der Waals surface area contributed by atoms with Crippen molar-refractivity contribution < 1.29 is 4.42 Å². The van der Waals surface area contributed by atoms with Crippen molar-refractivity contribution >= 4 is 82.6 Å². The van der Waals surface area contributed by atoms with Gasteiger partial charge < -0.3 is 18.5 Å². The van der Waals surface area contributed by atoms with Gasteiger partial charge >= 0.3 is 0 Å². The van der Waals surface area contributed by atoms with E-state index >= 15 is 0 Å². The van der Waals surface area contributed by atoms with Gasteiger partial charge in [0.2, 0.25) is 0 Å². The highest BCUT2D eigenvalue weighted by atomic mass is 16.3. The van der Waals surface area contributed by atoms with E-state index in [-0.39, 0.29) is 0 Å². The molecule has 0 aliphatic heterocycles. The monoisotopic (exact) mass is 817 g/mol. The van der Waals surface area contributed by atoms with Crippen LogP contribution >= 0.6 is 0 Å². The zero-order valence-corrected chi connectivity index (χ0v) is 34.8. The number of nitrogens with zero attached hydrogens (tertiary/aromatic N) is 3. The summed E-state index contributed by atoms with van der Waals surface area (Å²) in [4.78, 5) is 2.39. The number of furan rings is 1. The van der Waals surface area contributed by atoms with Crippen LogP contribution in [-0.2, 0) is 0 Å². The second kappa shape index (κ2) is 14.5. The molecular formula is C60H39N3O. The van der Waals surface area contributed by atoms with E-state index in [0.29, 0.717) is 0 Å². The first-order valence-electron chi connectivity index (χ1n) is 21.8. The van der Waals surface area contributed by atoms with Gasteiger partial charge in [-0.15, -0.1) is 0 Å². The Bertz CT molecular complexity index is 3860. The molecule has 10 aromatic carbocycles. The predicted molar refractivity (Wildman–Crippen MR) is 268 cm³/mol. The van der Waals surface area contributed by atoms with Crippen LogP contribution in [0, 0.1) is 0 Å². The number of aromatic nitrogens is 2. The summed E-state index contributed by atoms with van der Waals surface area (Å²) in [6.07, 6.45) is 0. The van der Waals surface area contributed by atoms with Crippen LogP contribution in [0.2, 0.25) is 0 Å². The third-order valence-electron chi connectivity index (χ3n) is 12.9. The molecule has 0 saturated heterocycles. The summed E-state index contributed by atoms with van der Waals surface area (Å²) in [7, 11) is 0. The van der Waals surface area contributed by atoms with Gasteiger partial charge in [-0.05, 0) is 125 Å². The van der Waals surface area contributed by atoms with Crippen molar-refractivity contribution in [3.63, 3.8) is 0 Å². The molecule has 4 heteroatoms. The Balaban J connectivity index is 0.957. The average molecular weight is 818 g/mol. The molecule has 3 aromatic heterocycles. The number of rotatable bonds is 7. The number of fused-ring (bicyclic) bond motifs is 9. The van der Waals surface area contributed by atoms with Gasteiger partial charge in [0.25, 0.3) is 0 Å². The molecule has 300 valence electrons. The Morgan fingerprint density at radius 1 is 0.266 bits per heavy atom. The Hall–Kier alpha value is -8.60. The number of para-hydroxylation sites is 5. The van der Waals surface area contributed by atoms with Crippen molar-refractivity contribution in [3.8, 4) is 33.6 Å². The minimum Gasteiger partial charge on any atom is -0.456 e. The lowest BCUT2D eigenvalue weighted by Gasteiger charge is -2.27. The Morgan fingerprint density at radius 3 is 1.48 bits per heavy atom. The third-order valence-corrected chi connectivity index (χ3v) is 12.9. The van der Waals surface area contributed by atoms with Crippen molar-refractivity contribution in [2.45, 2.75) is 0 Å². The topological polar surface area (TPSA) is 26.2 Å². The highest BCUT2D eigenvalue weighted by Gasteiger charge is 2.19. The second-order valence-corrected chi connectivity index (χ2v) is 16.6. The fourth-order valence-electron chi connectivity index (χ4n) is 9.96. The van der Waals surface area contributed by atoms with Crippen LogP contribution < -0.4 is 4.90 Å². The molecule has 0 unspecified atom stereocenters. The predicted octanol–water partition coefficient (Wildman–Crippen LogP) is 16.6. The largest absolute Gasteiger partial charge is 0.456 e. The van der Waals surface area contributed by atoms with Crippen LogP contribution in [-0.4, -0.2) is 9.13 Å². The summed E-state index contributed by atoms with van der Waals surface area (Å²) in [5.41, 5.74) is 16.6. The van der Waals surface area contributed by atoms with Crippen molar-refractivity contribution in [1.82, 2.24) is 9.13 Å². The van der Waals surface area contributed by atoms with E-state index in [1.165, 1.54) is 49.2 Å². The van der Waals surface area contributed by atoms with Crippen molar-refractivity contribution in [3.05, 3.63) is 237 Å². The van der Waals surface area contributed by atoms with Crippen LogP contribution in [0.4, 0.5) is 17.1 Å². The van der Waals surface area contributed by atoms with Gasteiger partial charge in [0.05, 0.1) is 22.1 Å². The summed E-state index contributed by atoms with van der Waals surface area (Å²) >= 11 is 0. The van der Waals surface area contributed by atoms with E-state index in [2.05, 4.69) is 238 Å². The first kappa shape index (κ1) is 36.1. The molecule has 64 heavy (non-hydrogen) atoms. The Morgan fingerprint density at radius 2 is 0.750 bits per heavy atom. The van der Waals surface area contributed by atoms with E-state index in [4.69, 9.17) is 4.42 Å². The van der Waals surface area contributed by atoms with Gasteiger partial charge in [0.1, 0.15) is 11.2 Å². The Kier molecular flexibility index (Phi) is 8.18. The molecule has 13 aromatic rings. The lowest BCUT2D eigenvalue weighted by Crippen LogP contribution is -2.10. The molecule has 13 rings (SSSR count). The van der Waals surface area contributed by atoms with Gasteiger partial charge in [-0.2, -0.15) is 0 Å². The summed E-state index contributed by atoms with van der Waals surface area (Å²) in [6.45, 7) is 0. The molecule has 0 radical (unpaired) electrons. The summed E-state index contributed by atoms with van der Waals surface area (Å²) in [6, 6.07) is 85.3. The van der Waals surface area contributed by atoms with Crippen molar-refractivity contribution in [2.75, 3.05) is 4.90 Å². The Labute approximate surface area is 369 Å². The SMILES string of the molecule is c1ccc(-n2c3ccccc3c3cc(-c4cccc(N(c5ccc(-c6ccc7oc8ccccc8c7c6)cc5)c5cccc(-n6c7ccccc7c7ccccc76)c5)c4)ccc32)cc1. The van der Waals surface area contributed by atoms with Gasteiger partial charge in [-0.3, -0.25) is 0 Å². The highest BCUT2D eigenvalue weighted by Crippen LogP contribution is 2.42. The second-order valence-electron chi connectivity index (χ2n) is 16.6. The van der Waals surface area contributed by atoms with Gasteiger partial charge in [0.15, 0.2) is 0 Å². The molecule has 0 atom stereocenters. The van der Waals surface area contributed by atoms with E-state index in [1.807, 2.05) is 12.1 Å².